The molecule has 9 nitrogen and oxygen atoms in total. The third kappa shape index (κ3) is 6.21. The van der Waals surface area contributed by atoms with E-state index < -0.39 is 0 Å². The molecule has 1 aliphatic heterocycles. The number of H-pyrrole nitrogens is 1. The van der Waals surface area contributed by atoms with E-state index in [9.17, 15) is 9.18 Å². The highest BCUT2D eigenvalue weighted by atomic mass is 19.1. The van der Waals surface area contributed by atoms with E-state index in [2.05, 4.69) is 60.1 Å². The fourth-order valence-corrected chi connectivity index (χ4v) is 6.34. The lowest BCUT2D eigenvalue weighted by Gasteiger charge is -2.19. The van der Waals surface area contributed by atoms with Gasteiger partial charge in [-0.05, 0) is 74.5 Å². The van der Waals surface area contributed by atoms with E-state index in [1.165, 1.54) is 12.1 Å². The van der Waals surface area contributed by atoms with E-state index in [1.807, 2.05) is 32.4 Å². The van der Waals surface area contributed by atoms with Crippen LogP contribution in [0.4, 0.5) is 21.5 Å². The van der Waals surface area contributed by atoms with Crippen LogP contribution in [-0.2, 0) is 4.79 Å². The van der Waals surface area contributed by atoms with Gasteiger partial charge in [0.05, 0.1) is 29.1 Å². The summed E-state index contributed by atoms with van der Waals surface area (Å²) in [7, 11) is 4.01. The Kier molecular flexibility index (Phi) is 8.19. The molecule has 5 aromatic rings. The zero-order valence-corrected chi connectivity index (χ0v) is 26.0. The molecule has 0 spiro atoms. The van der Waals surface area contributed by atoms with E-state index >= 15 is 0 Å². The maximum atomic E-state index is 14.8. The normalized spacial score (nSPS) is 14.7. The number of anilines is 3. The van der Waals surface area contributed by atoms with Gasteiger partial charge in [-0.1, -0.05) is 25.0 Å². The molecule has 7 rings (SSSR count). The topological polar surface area (TPSA) is 111 Å². The number of fused-ring (bicyclic) bond motifs is 2. The first kappa shape index (κ1) is 29.6. The molecule has 234 valence electrons. The van der Waals surface area contributed by atoms with Crippen molar-refractivity contribution in [3.63, 3.8) is 0 Å². The van der Waals surface area contributed by atoms with Crippen LogP contribution in [0.25, 0.3) is 38.9 Å². The van der Waals surface area contributed by atoms with Crippen LogP contribution in [0.15, 0.2) is 73.3 Å². The summed E-state index contributed by atoms with van der Waals surface area (Å²) in [5.74, 6) is 0.543. The quantitative estimate of drug-likeness (QED) is 0.144. The van der Waals surface area contributed by atoms with Gasteiger partial charge in [0.25, 0.3) is 0 Å². The minimum atomic E-state index is -0.322. The fourth-order valence-electron chi connectivity index (χ4n) is 6.34. The van der Waals surface area contributed by atoms with Gasteiger partial charge in [0.1, 0.15) is 11.6 Å². The molecule has 0 radical (unpaired) electrons. The fraction of sp³-hybridized carbons (Fsp3) is 0.278. The molecule has 4 heterocycles. The number of carbonyl (C=O) groups is 1. The summed E-state index contributed by atoms with van der Waals surface area (Å²) in [6, 6.07) is 13.2. The number of carbonyl (C=O) groups excluding carboxylic acids is 1. The van der Waals surface area contributed by atoms with E-state index in [0.29, 0.717) is 35.9 Å². The number of hydrogen-bond acceptors (Lipinski definition) is 7. The first-order valence-electron chi connectivity index (χ1n) is 15.8. The highest BCUT2D eigenvalue weighted by molar-refractivity contribution is 5.96. The minimum absolute atomic E-state index is 0.0742. The molecule has 4 N–H and O–H groups in total. The Balaban J connectivity index is 1.19. The highest BCUT2D eigenvalue weighted by Gasteiger charge is 2.23. The molecule has 2 aliphatic rings. The third-order valence-corrected chi connectivity index (χ3v) is 8.72. The van der Waals surface area contributed by atoms with Crippen molar-refractivity contribution in [2.45, 2.75) is 25.7 Å². The van der Waals surface area contributed by atoms with E-state index in [0.717, 1.165) is 76.8 Å². The van der Waals surface area contributed by atoms with Gasteiger partial charge in [-0.2, -0.15) is 0 Å². The number of rotatable bonds is 9. The number of aromatic nitrogens is 4. The molecule has 3 aromatic heterocycles. The Labute approximate surface area is 267 Å². The molecule has 0 bridgehead atoms. The summed E-state index contributed by atoms with van der Waals surface area (Å²) >= 11 is 0. The number of aromatic amines is 1. The van der Waals surface area contributed by atoms with Crippen LogP contribution in [0.2, 0.25) is 0 Å². The molecule has 2 aromatic carbocycles. The molecule has 10 heteroatoms. The van der Waals surface area contributed by atoms with Gasteiger partial charge in [-0.25, -0.2) is 9.37 Å². The van der Waals surface area contributed by atoms with Crippen LogP contribution in [0.1, 0.15) is 37.1 Å². The van der Waals surface area contributed by atoms with Crippen LogP contribution in [-0.4, -0.2) is 64.5 Å². The van der Waals surface area contributed by atoms with Crippen LogP contribution in [0.3, 0.4) is 0 Å². The Morgan fingerprint density at radius 2 is 1.76 bits per heavy atom. The van der Waals surface area contributed by atoms with Crippen molar-refractivity contribution in [3.8, 4) is 22.3 Å². The number of nitrogens with one attached hydrogen (secondary N) is 4. The summed E-state index contributed by atoms with van der Waals surface area (Å²) in [4.78, 5) is 32.2. The Morgan fingerprint density at radius 1 is 0.935 bits per heavy atom. The average Bonchev–Trinajstić information content (AvgIpc) is 3.75. The number of hydrogen-bond donors (Lipinski definition) is 4. The number of amides is 1. The van der Waals surface area contributed by atoms with Crippen LogP contribution >= 0.6 is 0 Å². The van der Waals surface area contributed by atoms with Gasteiger partial charge < -0.3 is 25.8 Å². The van der Waals surface area contributed by atoms with Crippen molar-refractivity contribution in [2.75, 3.05) is 49.7 Å². The summed E-state index contributed by atoms with van der Waals surface area (Å²) in [5.41, 5.74) is 9.21. The zero-order chi connectivity index (χ0) is 31.6. The van der Waals surface area contributed by atoms with Crippen molar-refractivity contribution in [2.24, 2.45) is 5.92 Å². The largest absolute Gasteiger partial charge is 0.384 e. The second-order valence-corrected chi connectivity index (χ2v) is 12.3. The van der Waals surface area contributed by atoms with Crippen molar-refractivity contribution >= 4 is 39.6 Å². The van der Waals surface area contributed by atoms with Gasteiger partial charge in [0, 0.05) is 71.6 Å². The average molecular weight is 617 g/mol. The lowest BCUT2D eigenvalue weighted by molar-refractivity contribution is -0.119. The first-order chi connectivity index (χ1) is 22.4. The molecule has 1 saturated carbocycles. The smallest absolute Gasteiger partial charge is 0.227 e. The third-order valence-electron chi connectivity index (χ3n) is 8.72. The van der Waals surface area contributed by atoms with E-state index in [4.69, 9.17) is 4.98 Å². The number of nitrogens with zero attached hydrogens (tertiary/aromatic N) is 4. The second-order valence-electron chi connectivity index (χ2n) is 12.3. The molecule has 0 saturated heterocycles. The Morgan fingerprint density at radius 3 is 2.61 bits per heavy atom. The maximum Gasteiger partial charge on any atom is 0.227 e. The standard InChI is InChI=1S/C36H37FN8O/c1-45(2)12-11-40-27-14-24(13-26(37)17-27)31-20-39-21-33-34(31)44-35(43-33)29-9-10-41-32-8-7-23(16-30(29)32)25-15-28(19-38-18-25)42-36(46)22-5-3-4-6-22/h7-9,13-22,40-41H,3-6,10-12H2,1-2H3,(H,42,46)(H,43,44). The number of imidazole rings is 1. The predicted molar refractivity (Wildman–Crippen MR) is 182 cm³/mol. The van der Waals surface area contributed by atoms with Crippen molar-refractivity contribution in [1.82, 2.24) is 24.8 Å². The lowest BCUT2D eigenvalue weighted by Crippen LogP contribution is -2.20. The molecule has 1 amide bonds. The highest BCUT2D eigenvalue weighted by Crippen LogP contribution is 2.37. The van der Waals surface area contributed by atoms with E-state index in [1.54, 1.807) is 18.6 Å². The molecule has 0 unspecified atom stereocenters. The number of likely N-dealkylation sites (N-methyl/N-ethyl adjacent to an activating group) is 1. The Hall–Kier alpha value is -5.09. The minimum Gasteiger partial charge on any atom is -0.384 e. The SMILES string of the molecule is CN(C)CCNc1cc(F)cc(-c2cncc3[nH]c(C4=CCNc5ccc(-c6cncc(NC(=O)C7CCCC7)c6)cc54)nc23)c1. The van der Waals surface area contributed by atoms with Crippen LogP contribution in [0, 0.1) is 11.7 Å². The predicted octanol–water partition coefficient (Wildman–Crippen LogP) is 6.79. The zero-order valence-electron chi connectivity index (χ0n) is 26.0. The number of pyridine rings is 2. The van der Waals surface area contributed by atoms with Gasteiger partial charge >= 0.3 is 0 Å². The van der Waals surface area contributed by atoms with Crippen LogP contribution < -0.4 is 16.0 Å². The summed E-state index contributed by atoms with van der Waals surface area (Å²) < 4.78 is 14.8. The monoisotopic (exact) mass is 616 g/mol. The Bertz CT molecular complexity index is 1940. The van der Waals surface area contributed by atoms with Gasteiger partial charge in [-0.15, -0.1) is 0 Å². The molecular formula is C36H37FN8O. The second kappa shape index (κ2) is 12.7. The molecule has 1 aliphatic carbocycles. The van der Waals surface area contributed by atoms with E-state index in [-0.39, 0.29) is 17.6 Å². The van der Waals surface area contributed by atoms with Gasteiger partial charge in [0.15, 0.2) is 0 Å². The molecule has 46 heavy (non-hydrogen) atoms. The summed E-state index contributed by atoms with van der Waals surface area (Å²) in [6.07, 6.45) is 13.2. The molecular weight excluding hydrogens is 579 g/mol. The number of benzene rings is 2. The summed E-state index contributed by atoms with van der Waals surface area (Å²) in [6.45, 7) is 2.18. The maximum absolute atomic E-state index is 14.8. The van der Waals surface area contributed by atoms with Crippen molar-refractivity contribution < 1.29 is 9.18 Å². The van der Waals surface area contributed by atoms with Crippen LogP contribution in [0.5, 0.6) is 0 Å². The van der Waals surface area contributed by atoms with Gasteiger partial charge in [0.2, 0.25) is 5.91 Å². The number of halogens is 1. The lowest BCUT2D eigenvalue weighted by atomic mass is 9.95. The van der Waals surface area contributed by atoms with Gasteiger partial charge in [-0.3, -0.25) is 14.8 Å². The van der Waals surface area contributed by atoms with Crippen molar-refractivity contribution in [1.29, 1.82) is 0 Å². The molecule has 1 fully saturated rings. The first-order valence-corrected chi connectivity index (χ1v) is 15.8. The summed E-state index contributed by atoms with van der Waals surface area (Å²) in [5, 5.41) is 9.85. The molecule has 0 atom stereocenters. The van der Waals surface area contributed by atoms with Crippen molar-refractivity contribution in [3.05, 3.63) is 90.5 Å².